The van der Waals surface area contributed by atoms with Crippen LogP contribution in [0.5, 0.6) is 0 Å². The standard InChI is InChI=1S/C14H21N3OS/c1-16(2)11-5-7-17(8-6-11)14(18)13-12(10-3-4-10)15-9-19-13/h9-11H,3-8H2,1-2H3. The van der Waals surface area contributed by atoms with Gasteiger partial charge in [-0.2, -0.15) is 0 Å². The van der Waals surface area contributed by atoms with Crippen LogP contribution in [0.25, 0.3) is 0 Å². The van der Waals surface area contributed by atoms with Gasteiger partial charge in [0.2, 0.25) is 0 Å². The molecule has 0 atom stereocenters. The number of nitrogens with zero attached hydrogens (tertiary/aromatic N) is 3. The summed E-state index contributed by atoms with van der Waals surface area (Å²) in [6.45, 7) is 1.76. The first kappa shape index (κ1) is 13.1. The van der Waals surface area contributed by atoms with Crippen LogP contribution < -0.4 is 0 Å². The van der Waals surface area contributed by atoms with Crippen LogP contribution in [0.1, 0.15) is 47.0 Å². The van der Waals surface area contributed by atoms with E-state index < -0.39 is 0 Å². The van der Waals surface area contributed by atoms with Gasteiger partial charge in [-0.3, -0.25) is 4.79 Å². The molecular formula is C14H21N3OS. The number of rotatable bonds is 3. The van der Waals surface area contributed by atoms with Crippen molar-refractivity contribution < 1.29 is 4.79 Å². The first-order valence-electron chi connectivity index (χ1n) is 7.06. The van der Waals surface area contributed by atoms with E-state index in [-0.39, 0.29) is 5.91 Å². The molecule has 1 aromatic heterocycles. The van der Waals surface area contributed by atoms with Crippen LogP contribution in [0.2, 0.25) is 0 Å². The minimum absolute atomic E-state index is 0.210. The molecule has 1 saturated heterocycles. The predicted molar refractivity (Wildman–Crippen MR) is 76.7 cm³/mol. The summed E-state index contributed by atoms with van der Waals surface area (Å²) in [6, 6.07) is 0.619. The van der Waals surface area contributed by atoms with Gasteiger partial charge in [0, 0.05) is 25.0 Å². The molecule has 0 aromatic carbocycles. The van der Waals surface area contributed by atoms with Gasteiger partial charge in [-0.15, -0.1) is 11.3 Å². The summed E-state index contributed by atoms with van der Waals surface area (Å²) in [5.41, 5.74) is 2.89. The van der Waals surface area contributed by atoms with Crippen LogP contribution in [0.4, 0.5) is 0 Å². The highest BCUT2D eigenvalue weighted by Crippen LogP contribution is 2.42. The Kier molecular flexibility index (Phi) is 3.58. The number of amides is 1. The smallest absolute Gasteiger partial charge is 0.265 e. The van der Waals surface area contributed by atoms with Gasteiger partial charge in [0.25, 0.3) is 5.91 Å². The molecule has 0 N–H and O–H groups in total. The quantitative estimate of drug-likeness (QED) is 0.851. The van der Waals surface area contributed by atoms with Crippen LogP contribution in [0.15, 0.2) is 5.51 Å². The molecule has 0 radical (unpaired) electrons. The molecule has 1 saturated carbocycles. The molecular weight excluding hydrogens is 258 g/mol. The highest BCUT2D eigenvalue weighted by Gasteiger charge is 2.33. The van der Waals surface area contributed by atoms with Crippen molar-refractivity contribution in [1.82, 2.24) is 14.8 Å². The second-order valence-electron chi connectivity index (χ2n) is 5.83. The van der Waals surface area contributed by atoms with Crippen LogP contribution >= 0.6 is 11.3 Å². The highest BCUT2D eigenvalue weighted by atomic mass is 32.1. The molecule has 2 fully saturated rings. The van der Waals surface area contributed by atoms with Crippen molar-refractivity contribution in [2.24, 2.45) is 0 Å². The Hall–Kier alpha value is -0.940. The monoisotopic (exact) mass is 279 g/mol. The van der Waals surface area contributed by atoms with Gasteiger partial charge in [-0.05, 0) is 39.8 Å². The zero-order chi connectivity index (χ0) is 13.4. The van der Waals surface area contributed by atoms with Crippen molar-refractivity contribution in [1.29, 1.82) is 0 Å². The lowest BCUT2D eigenvalue weighted by atomic mass is 10.0. The maximum Gasteiger partial charge on any atom is 0.265 e. The van der Waals surface area contributed by atoms with Gasteiger partial charge < -0.3 is 9.80 Å². The first-order chi connectivity index (χ1) is 9.16. The minimum Gasteiger partial charge on any atom is -0.338 e. The summed E-state index contributed by atoms with van der Waals surface area (Å²) in [5.74, 6) is 0.770. The number of piperidine rings is 1. The van der Waals surface area contributed by atoms with Gasteiger partial charge in [0.1, 0.15) is 4.88 Å². The average molecular weight is 279 g/mol. The second-order valence-corrected chi connectivity index (χ2v) is 6.68. The van der Waals surface area contributed by atoms with E-state index in [2.05, 4.69) is 24.0 Å². The maximum atomic E-state index is 12.6. The second kappa shape index (κ2) is 5.21. The van der Waals surface area contributed by atoms with Crippen molar-refractivity contribution >= 4 is 17.2 Å². The number of carbonyl (C=O) groups excluding carboxylic acids is 1. The largest absolute Gasteiger partial charge is 0.338 e. The molecule has 1 amide bonds. The number of thiazole rings is 1. The highest BCUT2D eigenvalue weighted by molar-refractivity contribution is 7.11. The van der Waals surface area contributed by atoms with E-state index in [0.717, 1.165) is 36.5 Å². The zero-order valence-corrected chi connectivity index (χ0v) is 12.4. The van der Waals surface area contributed by atoms with E-state index >= 15 is 0 Å². The van der Waals surface area contributed by atoms with E-state index in [1.807, 2.05) is 10.4 Å². The molecule has 0 bridgehead atoms. The van der Waals surface area contributed by atoms with Gasteiger partial charge in [0.05, 0.1) is 11.2 Å². The lowest BCUT2D eigenvalue weighted by Crippen LogP contribution is -2.44. The summed E-state index contributed by atoms with van der Waals surface area (Å²) >= 11 is 1.51. The molecule has 104 valence electrons. The van der Waals surface area contributed by atoms with E-state index in [9.17, 15) is 4.79 Å². The Bertz CT molecular complexity index is 459. The Labute approximate surface area is 118 Å². The lowest BCUT2D eigenvalue weighted by Gasteiger charge is -2.35. The van der Waals surface area contributed by atoms with E-state index in [1.165, 1.54) is 24.2 Å². The fourth-order valence-electron chi connectivity index (χ4n) is 2.79. The van der Waals surface area contributed by atoms with Crippen molar-refractivity contribution in [2.45, 2.75) is 37.6 Å². The van der Waals surface area contributed by atoms with E-state index in [4.69, 9.17) is 0 Å². The molecule has 3 rings (SSSR count). The van der Waals surface area contributed by atoms with Crippen LogP contribution in [-0.4, -0.2) is 53.9 Å². The summed E-state index contributed by atoms with van der Waals surface area (Å²) < 4.78 is 0. The van der Waals surface area contributed by atoms with E-state index in [0.29, 0.717) is 12.0 Å². The Balaban J connectivity index is 1.66. The molecule has 0 spiro atoms. The third-order valence-corrected chi connectivity index (χ3v) is 5.07. The molecule has 1 aliphatic carbocycles. The van der Waals surface area contributed by atoms with Gasteiger partial charge >= 0.3 is 0 Å². The third-order valence-electron chi connectivity index (χ3n) is 4.24. The van der Waals surface area contributed by atoms with Gasteiger partial charge in [-0.25, -0.2) is 4.98 Å². The molecule has 2 heterocycles. The summed E-state index contributed by atoms with van der Waals surface area (Å²) in [4.78, 5) is 22.1. The normalized spacial score (nSPS) is 21.1. The minimum atomic E-state index is 0.210. The fourth-order valence-corrected chi connectivity index (χ4v) is 3.63. The Morgan fingerprint density at radius 1 is 1.32 bits per heavy atom. The number of aromatic nitrogens is 1. The molecule has 0 unspecified atom stereocenters. The van der Waals surface area contributed by atoms with E-state index in [1.54, 1.807) is 0 Å². The predicted octanol–water partition coefficient (Wildman–Crippen LogP) is 2.19. The van der Waals surface area contributed by atoms with Crippen LogP contribution in [0.3, 0.4) is 0 Å². The average Bonchev–Trinajstić information content (AvgIpc) is 3.15. The molecule has 4 nitrogen and oxygen atoms in total. The molecule has 2 aliphatic rings. The van der Waals surface area contributed by atoms with Gasteiger partial charge in [-0.1, -0.05) is 0 Å². The van der Waals surface area contributed by atoms with Crippen molar-refractivity contribution in [2.75, 3.05) is 27.2 Å². The van der Waals surface area contributed by atoms with Crippen LogP contribution in [0, 0.1) is 0 Å². The van der Waals surface area contributed by atoms with Crippen molar-refractivity contribution in [3.63, 3.8) is 0 Å². The number of hydrogen-bond acceptors (Lipinski definition) is 4. The molecule has 1 aromatic rings. The summed E-state index contributed by atoms with van der Waals surface area (Å²) in [7, 11) is 4.24. The fraction of sp³-hybridized carbons (Fsp3) is 0.714. The maximum absolute atomic E-state index is 12.6. The molecule has 5 heteroatoms. The summed E-state index contributed by atoms with van der Waals surface area (Å²) in [6.07, 6.45) is 4.56. The lowest BCUT2D eigenvalue weighted by molar-refractivity contribution is 0.0667. The zero-order valence-electron chi connectivity index (χ0n) is 11.6. The van der Waals surface area contributed by atoms with Crippen molar-refractivity contribution in [3.8, 4) is 0 Å². The Morgan fingerprint density at radius 3 is 2.58 bits per heavy atom. The van der Waals surface area contributed by atoms with Crippen molar-refractivity contribution in [3.05, 3.63) is 16.1 Å². The number of likely N-dealkylation sites (tertiary alicyclic amines) is 1. The molecule has 19 heavy (non-hydrogen) atoms. The number of hydrogen-bond donors (Lipinski definition) is 0. The van der Waals surface area contributed by atoms with Crippen LogP contribution in [-0.2, 0) is 0 Å². The Morgan fingerprint density at radius 2 is 2.00 bits per heavy atom. The number of carbonyl (C=O) groups is 1. The topological polar surface area (TPSA) is 36.4 Å². The SMILES string of the molecule is CN(C)C1CCN(C(=O)c2scnc2C2CC2)CC1. The third kappa shape index (κ3) is 2.67. The molecule has 1 aliphatic heterocycles. The summed E-state index contributed by atoms with van der Waals surface area (Å²) in [5, 5.41) is 0. The first-order valence-corrected chi connectivity index (χ1v) is 7.94. The van der Waals surface area contributed by atoms with Gasteiger partial charge in [0.15, 0.2) is 0 Å².